The van der Waals surface area contributed by atoms with Crippen LogP contribution in [0.25, 0.3) is 0 Å². The van der Waals surface area contributed by atoms with Crippen LogP contribution in [0.4, 0.5) is 13.2 Å². The number of rotatable bonds is 6. The lowest BCUT2D eigenvalue weighted by molar-refractivity contribution is -0.135. The van der Waals surface area contributed by atoms with Crippen molar-refractivity contribution in [1.82, 2.24) is 0 Å². The molecule has 0 saturated heterocycles. The number of hydrogen-bond acceptors (Lipinski definition) is 3. The lowest BCUT2D eigenvalue weighted by Crippen LogP contribution is -2.12. The number of alkyl halides is 3. The molecule has 0 bridgehead atoms. The molecule has 0 aromatic rings. The van der Waals surface area contributed by atoms with Crippen molar-refractivity contribution in [2.24, 2.45) is 0 Å². The Hall–Kier alpha value is -0.300. The van der Waals surface area contributed by atoms with Gasteiger partial charge in [0.05, 0.1) is 12.4 Å². The van der Waals surface area contributed by atoms with E-state index in [0.29, 0.717) is 0 Å². The van der Waals surface area contributed by atoms with Crippen LogP contribution in [-0.2, 0) is 14.3 Å². The first-order valence-electron chi connectivity index (χ1n) is 4.20. The molecule has 0 N–H and O–H groups in total. The Balaban J connectivity index is 3.65. The standard InChI is InChI=1S/C7H13F3O3S/c1-2-13-14(11,12)6-4-3-5-7(8,9)10/h2-6H2,1H3. The molecule has 0 aliphatic rings. The lowest BCUT2D eigenvalue weighted by atomic mass is 10.2. The van der Waals surface area contributed by atoms with Gasteiger partial charge in [0.15, 0.2) is 0 Å². The number of unbranched alkanes of at least 4 members (excludes halogenated alkanes) is 1. The van der Waals surface area contributed by atoms with E-state index in [1.807, 2.05) is 0 Å². The van der Waals surface area contributed by atoms with Crippen LogP contribution in [0.15, 0.2) is 0 Å². The summed E-state index contributed by atoms with van der Waals surface area (Å²) in [7, 11) is -3.62. The normalized spacial score (nSPS) is 13.1. The van der Waals surface area contributed by atoms with Gasteiger partial charge in [-0.15, -0.1) is 0 Å². The zero-order valence-electron chi connectivity index (χ0n) is 7.80. The molecule has 86 valence electrons. The van der Waals surface area contributed by atoms with E-state index in [1.165, 1.54) is 6.92 Å². The van der Waals surface area contributed by atoms with Gasteiger partial charge in [0.25, 0.3) is 10.1 Å². The summed E-state index contributed by atoms with van der Waals surface area (Å²) in [6, 6.07) is 0. The first-order chi connectivity index (χ1) is 6.27. The SMILES string of the molecule is CCOS(=O)(=O)CCCCC(F)(F)F. The second-order valence-electron chi connectivity index (χ2n) is 2.74. The van der Waals surface area contributed by atoms with E-state index in [9.17, 15) is 21.6 Å². The minimum atomic E-state index is -4.21. The number of hydrogen-bond donors (Lipinski definition) is 0. The highest BCUT2D eigenvalue weighted by Gasteiger charge is 2.26. The third-order valence-corrected chi connectivity index (χ3v) is 2.79. The van der Waals surface area contributed by atoms with Gasteiger partial charge in [0.1, 0.15) is 0 Å². The van der Waals surface area contributed by atoms with E-state index < -0.39 is 22.7 Å². The minimum Gasteiger partial charge on any atom is -0.270 e. The summed E-state index contributed by atoms with van der Waals surface area (Å²) in [5.74, 6) is -0.350. The lowest BCUT2D eigenvalue weighted by Gasteiger charge is -2.05. The molecule has 0 aliphatic heterocycles. The van der Waals surface area contributed by atoms with Crippen LogP contribution in [0.1, 0.15) is 26.2 Å². The molecule has 14 heavy (non-hydrogen) atoms. The highest BCUT2D eigenvalue weighted by atomic mass is 32.2. The van der Waals surface area contributed by atoms with Crippen LogP contribution in [-0.4, -0.2) is 27.0 Å². The minimum absolute atomic E-state index is 0.0155. The zero-order chi connectivity index (χ0) is 11.2. The topological polar surface area (TPSA) is 43.4 Å². The zero-order valence-corrected chi connectivity index (χ0v) is 8.62. The molecule has 0 heterocycles. The van der Waals surface area contributed by atoms with E-state index in [0.717, 1.165) is 0 Å². The van der Waals surface area contributed by atoms with Gasteiger partial charge in [-0.1, -0.05) is 0 Å². The summed E-state index contributed by atoms with van der Waals surface area (Å²) >= 11 is 0. The maximum atomic E-state index is 11.6. The quantitative estimate of drug-likeness (QED) is 0.522. The summed E-state index contributed by atoms with van der Waals surface area (Å²) in [6.07, 6.45) is -5.37. The van der Waals surface area contributed by atoms with Gasteiger partial charge < -0.3 is 0 Å². The Morgan fingerprint density at radius 2 is 1.79 bits per heavy atom. The van der Waals surface area contributed by atoms with Crippen LogP contribution in [0.2, 0.25) is 0 Å². The Labute approximate surface area is 81.4 Å². The summed E-state index contributed by atoms with van der Waals surface area (Å²) in [5, 5.41) is 0. The molecule has 0 unspecified atom stereocenters. The third-order valence-electron chi connectivity index (χ3n) is 1.40. The average molecular weight is 234 g/mol. The van der Waals surface area contributed by atoms with Crippen molar-refractivity contribution in [2.45, 2.75) is 32.4 Å². The molecular formula is C7H13F3O3S. The molecular weight excluding hydrogens is 221 g/mol. The molecule has 3 nitrogen and oxygen atoms in total. The maximum Gasteiger partial charge on any atom is 0.389 e. The predicted molar refractivity (Wildman–Crippen MR) is 45.3 cm³/mol. The Morgan fingerprint density at radius 3 is 2.21 bits per heavy atom. The molecule has 0 aromatic carbocycles. The van der Waals surface area contributed by atoms with Gasteiger partial charge in [-0.2, -0.15) is 21.6 Å². The molecule has 0 rings (SSSR count). The summed E-state index contributed by atoms with van der Waals surface area (Å²) in [4.78, 5) is 0. The molecule has 0 spiro atoms. The molecule has 7 heteroatoms. The Morgan fingerprint density at radius 1 is 1.21 bits per heavy atom. The molecule has 0 atom stereocenters. The van der Waals surface area contributed by atoms with Gasteiger partial charge >= 0.3 is 6.18 Å². The molecule has 0 radical (unpaired) electrons. The average Bonchev–Trinajstić information content (AvgIpc) is 1.96. The van der Waals surface area contributed by atoms with E-state index >= 15 is 0 Å². The Kier molecular flexibility index (Phi) is 5.43. The number of halogens is 3. The second-order valence-corrected chi connectivity index (χ2v) is 4.50. The van der Waals surface area contributed by atoms with Crippen molar-refractivity contribution in [1.29, 1.82) is 0 Å². The van der Waals surface area contributed by atoms with E-state index in [1.54, 1.807) is 0 Å². The van der Waals surface area contributed by atoms with Gasteiger partial charge in [-0.25, -0.2) is 0 Å². The van der Waals surface area contributed by atoms with Gasteiger partial charge in [-0.3, -0.25) is 4.18 Å². The van der Waals surface area contributed by atoms with Crippen LogP contribution < -0.4 is 0 Å². The molecule has 0 aliphatic carbocycles. The summed E-state index contributed by atoms with van der Waals surface area (Å²) in [6.45, 7) is 1.52. The van der Waals surface area contributed by atoms with Crippen molar-refractivity contribution in [3.8, 4) is 0 Å². The molecule has 0 fully saturated rings. The monoisotopic (exact) mass is 234 g/mol. The largest absolute Gasteiger partial charge is 0.389 e. The van der Waals surface area contributed by atoms with Crippen molar-refractivity contribution in [3.05, 3.63) is 0 Å². The smallest absolute Gasteiger partial charge is 0.270 e. The fourth-order valence-electron chi connectivity index (χ4n) is 0.843. The van der Waals surface area contributed by atoms with Crippen LogP contribution in [0.3, 0.4) is 0 Å². The van der Waals surface area contributed by atoms with Crippen molar-refractivity contribution in [3.63, 3.8) is 0 Å². The van der Waals surface area contributed by atoms with Gasteiger partial charge in [-0.05, 0) is 19.8 Å². The third kappa shape index (κ3) is 8.31. The second kappa shape index (κ2) is 5.55. The van der Waals surface area contributed by atoms with E-state index in [2.05, 4.69) is 4.18 Å². The van der Waals surface area contributed by atoms with E-state index in [-0.39, 0.29) is 25.2 Å². The highest BCUT2D eigenvalue weighted by Crippen LogP contribution is 2.22. The highest BCUT2D eigenvalue weighted by molar-refractivity contribution is 7.86. The predicted octanol–water partition coefficient (Wildman–Crippen LogP) is 2.09. The van der Waals surface area contributed by atoms with Crippen LogP contribution in [0.5, 0.6) is 0 Å². The molecule has 0 amide bonds. The Bertz CT molecular complexity index is 245. The fourth-order valence-corrected chi connectivity index (χ4v) is 1.88. The summed E-state index contributed by atoms with van der Waals surface area (Å²) < 4.78 is 61.0. The maximum absolute atomic E-state index is 11.6. The molecule has 0 saturated carbocycles. The van der Waals surface area contributed by atoms with Crippen LogP contribution >= 0.6 is 0 Å². The van der Waals surface area contributed by atoms with E-state index in [4.69, 9.17) is 0 Å². The van der Waals surface area contributed by atoms with Crippen molar-refractivity contribution < 1.29 is 25.8 Å². The van der Waals surface area contributed by atoms with Crippen molar-refractivity contribution >= 4 is 10.1 Å². The van der Waals surface area contributed by atoms with Gasteiger partial charge in [0, 0.05) is 6.42 Å². The van der Waals surface area contributed by atoms with Crippen molar-refractivity contribution in [2.75, 3.05) is 12.4 Å². The summed E-state index contributed by atoms with van der Waals surface area (Å²) in [5.41, 5.74) is 0. The first-order valence-corrected chi connectivity index (χ1v) is 5.78. The van der Waals surface area contributed by atoms with Gasteiger partial charge in [0.2, 0.25) is 0 Å². The first kappa shape index (κ1) is 13.7. The van der Waals surface area contributed by atoms with Crippen LogP contribution in [0, 0.1) is 0 Å². The fraction of sp³-hybridized carbons (Fsp3) is 1.00. The molecule has 0 aromatic heterocycles.